The van der Waals surface area contributed by atoms with Crippen molar-refractivity contribution in [3.63, 3.8) is 0 Å². The first kappa shape index (κ1) is 18.3. The topological polar surface area (TPSA) is 136 Å². The van der Waals surface area contributed by atoms with Crippen LogP contribution in [0.25, 0.3) is 0 Å². The van der Waals surface area contributed by atoms with Gasteiger partial charge in [-0.05, 0) is 44.4 Å². The van der Waals surface area contributed by atoms with Gasteiger partial charge in [0.25, 0.3) is 0 Å². The standard InChI is InChI=1S/C12H14BrFN6O3S/c1-24(15,22)5-4-16-11-10(19-23-20-11)12(18-21)17-7-2-3-9(14)8(13)6-7/h2-3,6,15,21H,4-5H2,1H3,(H,16,20)(H,17,18)/t24-/m1/s1. The minimum atomic E-state index is -2.65. The molecule has 0 saturated carbocycles. The van der Waals surface area contributed by atoms with E-state index in [4.69, 9.17) is 4.78 Å². The van der Waals surface area contributed by atoms with E-state index in [2.05, 4.69) is 41.2 Å². The minimum absolute atomic E-state index is 0.0746. The highest BCUT2D eigenvalue weighted by Gasteiger charge is 2.16. The number of halogens is 2. The molecule has 4 N–H and O–H groups in total. The van der Waals surface area contributed by atoms with Crippen molar-refractivity contribution in [3.05, 3.63) is 34.2 Å². The molecule has 1 atom stereocenters. The van der Waals surface area contributed by atoms with E-state index in [-0.39, 0.29) is 34.1 Å². The average molecular weight is 421 g/mol. The van der Waals surface area contributed by atoms with E-state index in [1.165, 1.54) is 24.5 Å². The number of aliphatic imine (C=N–C) groups is 1. The van der Waals surface area contributed by atoms with Crippen LogP contribution in [0.2, 0.25) is 0 Å². The molecular formula is C12H14BrFN6O3S. The molecule has 0 saturated heterocycles. The molecule has 0 amide bonds. The number of benzene rings is 1. The van der Waals surface area contributed by atoms with Crippen LogP contribution in [0.4, 0.5) is 15.9 Å². The van der Waals surface area contributed by atoms with Crippen LogP contribution in [-0.4, -0.2) is 44.1 Å². The van der Waals surface area contributed by atoms with Crippen molar-refractivity contribution < 1.29 is 18.4 Å². The summed E-state index contributed by atoms with van der Waals surface area (Å²) in [5.41, 5.74) is 2.30. The second kappa shape index (κ2) is 7.68. The molecular weight excluding hydrogens is 407 g/mol. The van der Waals surface area contributed by atoms with Gasteiger partial charge in [0.15, 0.2) is 11.5 Å². The quantitative estimate of drug-likeness (QED) is 0.319. The summed E-state index contributed by atoms with van der Waals surface area (Å²) in [7, 11) is -2.65. The summed E-state index contributed by atoms with van der Waals surface area (Å²) in [6.45, 7) is 0.195. The average Bonchev–Trinajstić information content (AvgIpc) is 2.95. The Bertz CT molecular complexity index is 854. The summed E-state index contributed by atoms with van der Waals surface area (Å²) in [6, 6.07) is 4.04. The molecule has 130 valence electrons. The molecule has 12 heteroatoms. The minimum Gasteiger partial charge on any atom is -0.364 e. The van der Waals surface area contributed by atoms with Gasteiger partial charge in [0.05, 0.1) is 10.2 Å². The third-order valence-electron chi connectivity index (χ3n) is 2.75. The predicted molar refractivity (Wildman–Crippen MR) is 89.7 cm³/mol. The van der Waals surface area contributed by atoms with Gasteiger partial charge >= 0.3 is 0 Å². The number of nitrogens with one attached hydrogen (secondary N) is 3. The summed E-state index contributed by atoms with van der Waals surface area (Å²) >= 11 is 3.04. The zero-order valence-electron chi connectivity index (χ0n) is 12.4. The molecule has 2 rings (SSSR count). The van der Waals surface area contributed by atoms with Crippen LogP contribution in [0.1, 0.15) is 5.69 Å². The van der Waals surface area contributed by atoms with Gasteiger partial charge in [-0.2, -0.15) is 0 Å². The highest BCUT2D eigenvalue weighted by atomic mass is 79.9. The molecule has 0 spiro atoms. The maximum Gasteiger partial charge on any atom is 0.202 e. The summed E-state index contributed by atoms with van der Waals surface area (Å²) in [4.78, 5) is 4.10. The van der Waals surface area contributed by atoms with Gasteiger partial charge < -0.3 is 5.32 Å². The van der Waals surface area contributed by atoms with Gasteiger partial charge in [0.1, 0.15) is 5.82 Å². The highest BCUT2D eigenvalue weighted by molar-refractivity contribution is 9.10. The zero-order chi connectivity index (χ0) is 17.7. The number of hydrogen-bond acceptors (Lipinski definition) is 8. The van der Waals surface area contributed by atoms with Gasteiger partial charge in [0, 0.05) is 28.3 Å². The zero-order valence-corrected chi connectivity index (χ0v) is 14.8. The second-order valence-electron chi connectivity index (χ2n) is 4.77. The molecule has 24 heavy (non-hydrogen) atoms. The SMILES string of the molecule is C[S@@](=N)(=O)CCNc1nonc1C(=Nc1ccc(F)c(Br)c1)NO. The number of nitrogens with zero attached hydrogens (tertiary/aromatic N) is 3. The Morgan fingerprint density at radius 2 is 2.29 bits per heavy atom. The van der Waals surface area contributed by atoms with E-state index >= 15 is 0 Å². The Morgan fingerprint density at radius 3 is 2.92 bits per heavy atom. The van der Waals surface area contributed by atoms with Crippen LogP contribution < -0.4 is 10.8 Å². The molecule has 0 bridgehead atoms. The fraction of sp³-hybridized carbons (Fsp3) is 0.250. The summed E-state index contributed by atoms with van der Waals surface area (Å²) in [6.07, 6.45) is 1.32. The van der Waals surface area contributed by atoms with E-state index in [9.17, 15) is 13.8 Å². The lowest BCUT2D eigenvalue weighted by Crippen LogP contribution is -2.23. The highest BCUT2D eigenvalue weighted by Crippen LogP contribution is 2.23. The Labute approximate surface area is 145 Å². The number of hydrogen-bond donors (Lipinski definition) is 4. The van der Waals surface area contributed by atoms with Crippen LogP contribution in [0.3, 0.4) is 0 Å². The Balaban J connectivity index is 2.23. The van der Waals surface area contributed by atoms with Crippen LogP contribution in [0.15, 0.2) is 32.3 Å². The number of rotatable bonds is 6. The maximum atomic E-state index is 13.2. The van der Waals surface area contributed by atoms with Gasteiger partial charge in [-0.3, -0.25) is 19.7 Å². The van der Waals surface area contributed by atoms with E-state index in [1.807, 2.05) is 5.48 Å². The van der Waals surface area contributed by atoms with Crippen molar-refractivity contribution in [1.82, 2.24) is 15.8 Å². The van der Waals surface area contributed by atoms with Crippen LogP contribution >= 0.6 is 15.9 Å². The second-order valence-corrected chi connectivity index (χ2v) is 8.04. The van der Waals surface area contributed by atoms with E-state index in [0.717, 1.165) is 0 Å². The maximum absolute atomic E-state index is 13.2. The Morgan fingerprint density at radius 1 is 1.54 bits per heavy atom. The lowest BCUT2D eigenvalue weighted by Gasteiger charge is -2.06. The fourth-order valence-corrected chi connectivity index (χ4v) is 2.50. The van der Waals surface area contributed by atoms with E-state index in [1.54, 1.807) is 0 Å². The molecule has 2 aromatic rings. The molecule has 9 nitrogen and oxygen atoms in total. The van der Waals surface area contributed by atoms with Crippen LogP contribution in [0, 0.1) is 10.6 Å². The summed E-state index contributed by atoms with van der Waals surface area (Å²) in [5.74, 6) is -0.277. The molecule has 0 aliphatic heterocycles. The Kier molecular flexibility index (Phi) is 5.85. The molecule has 0 radical (unpaired) electrons. The smallest absolute Gasteiger partial charge is 0.202 e. The van der Waals surface area contributed by atoms with Crippen LogP contribution in [0.5, 0.6) is 0 Å². The van der Waals surface area contributed by atoms with Gasteiger partial charge in [-0.25, -0.2) is 14.0 Å². The number of hydroxylamine groups is 1. The molecule has 1 heterocycles. The van der Waals surface area contributed by atoms with E-state index < -0.39 is 15.5 Å². The number of amidine groups is 1. The van der Waals surface area contributed by atoms with Gasteiger partial charge in [0.2, 0.25) is 5.82 Å². The molecule has 0 aliphatic rings. The van der Waals surface area contributed by atoms with Crippen LogP contribution in [-0.2, 0) is 9.73 Å². The lowest BCUT2D eigenvalue weighted by molar-refractivity contribution is 0.234. The first-order valence-corrected chi connectivity index (χ1v) is 9.45. The molecule has 1 aromatic carbocycles. The number of anilines is 1. The summed E-state index contributed by atoms with van der Waals surface area (Å²) < 4.78 is 36.8. The van der Waals surface area contributed by atoms with Gasteiger partial charge in [-0.1, -0.05) is 0 Å². The number of aromatic nitrogens is 2. The Hall–Kier alpha value is -2.05. The van der Waals surface area contributed by atoms with E-state index in [0.29, 0.717) is 5.69 Å². The van der Waals surface area contributed by atoms with Crippen molar-refractivity contribution in [1.29, 1.82) is 4.78 Å². The monoisotopic (exact) mass is 420 g/mol. The predicted octanol–water partition coefficient (Wildman–Crippen LogP) is 2.12. The van der Waals surface area contributed by atoms with Crippen molar-refractivity contribution in [3.8, 4) is 0 Å². The lowest BCUT2D eigenvalue weighted by atomic mass is 10.3. The van der Waals surface area contributed by atoms with Crippen molar-refractivity contribution in [2.75, 3.05) is 23.9 Å². The van der Waals surface area contributed by atoms with Gasteiger partial charge in [-0.15, -0.1) is 0 Å². The van der Waals surface area contributed by atoms with Crippen molar-refractivity contribution >= 4 is 43.0 Å². The van der Waals surface area contributed by atoms with Crippen molar-refractivity contribution in [2.45, 2.75) is 0 Å². The third kappa shape index (κ3) is 4.97. The molecule has 0 aliphatic carbocycles. The largest absolute Gasteiger partial charge is 0.364 e. The first-order chi connectivity index (χ1) is 11.3. The normalized spacial score (nSPS) is 14.2. The summed E-state index contributed by atoms with van der Waals surface area (Å²) in [5, 5.41) is 19.3. The fourth-order valence-electron chi connectivity index (χ4n) is 1.64. The molecule has 0 fully saturated rings. The molecule has 0 unspecified atom stereocenters. The van der Waals surface area contributed by atoms with Crippen molar-refractivity contribution in [2.24, 2.45) is 4.99 Å². The third-order valence-corrected chi connectivity index (χ3v) is 4.34. The first-order valence-electron chi connectivity index (χ1n) is 6.52. The molecule has 1 aromatic heterocycles.